The summed E-state index contributed by atoms with van der Waals surface area (Å²) < 4.78 is 1.94. The predicted octanol–water partition coefficient (Wildman–Crippen LogP) is 0.481. The molecule has 0 radical (unpaired) electrons. The first-order valence-corrected chi connectivity index (χ1v) is 7.17. The molecule has 6 heteroatoms. The second-order valence-corrected chi connectivity index (χ2v) is 5.18. The van der Waals surface area contributed by atoms with Crippen LogP contribution in [0, 0.1) is 0 Å². The summed E-state index contributed by atoms with van der Waals surface area (Å²) in [7, 11) is 1.93. The molecule has 1 aromatic heterocycles. The van der Waals surface area contributed by atoms with Gasteiger partial charge in [-0.25, -0.2) is 4.98 Å². The molecule has 110 valence electrons. The zero-order valence-electron chi connectivity index (χ0n) is 12.0. The second kappa shape index (κ2) is 7.07. The van der Waals surface area contributed by atoms with E-state index in [-0.39, 0.29) is 18.4 Å². The molecule has 1 saturated heterocycles. The fourth-order valence-corrected chi connectivity index (χ4v) is 2.39. The highest BCUT2D eigenvalue weighted by molar-refractivity contribution is 5.84. The maximum Gasteiger partial charge on any atom is 0.239 e. The van der Waals surface area contributed by atoms with Crippen LogP contribution >= 0.6 is 0 Å². The summed E-state index contributed by atoms with van der Waals surface area (Å²) >= 11 is 0. The van der Waals surface area contributed by atoms with E-state index in [1.54, 1.807) is 11.1 Å². The van der Waals surface area contributed by atoms with Gasteiger partial charge in [0, 0.05) is 45.4 Å². The van der Waals surface area contributed by atoms with Crippen LogP contribution in [0.4, 0.5) is 0 Å². The number of nitrogens with zero attached hydrogens (tertiary/aromatic N) is 3. The molecule has 0 aliphatic carbocycles. The highest BCUT2D eigenvalue weighted by Gasteiger charge is 2.18. The number of nitrogens with one attached hydrogen (secondary N) is 1. The second-order valence-electron chi connectivity index (χ2n) is 5.18. The van der Waals surface area contributed by atoms with Crippen molar-refractivity contribution in [3.05, 3.63) is 18.2 Å². The Morgan fingerprint density at radius 2 is 2.25 bits per heavy atom. The van der Waals surface area contributed by atoms with Crippen LogP contribution in [0.3, 0.4) is 0 Å². The van der Waals surface area contributed by atoms with Crippen LogP contribution in [-0.4, -0.2) is 45.9 Å². The van der Waals surface area contributed by atoms with Crippen LogP contribution < -0.4 is 5.32 Å². The van der Waals surface area contributed by atoms with Gasteiger partial charge >= 0.3 is 0 Å². The molecule has 20 heavy (non-hydrogen) atoms. The van der Waals surface area contributed by atoms with E-state index in [4.69, 9.17) is 0 Å². The van der Waals surface area contributed by atoms with Crippen molar-refractivity contribution >= 4 is 11.8 Å². The van der Waals surface area contributed by atoms with Crippen molar-refractivity contribution in [2.24, 2.45) is 7.05 Å². The fraction of sp³-hybridized carbons (Fsp3) is 0.643. The summed E-state index contributed by atoms with van der Waals surface area (Å²) in [5.41, 5.74) is 0. The Morgan fingerprint density at radius 3 is 3.00 bits per heavy atom. The van der Waals surface area contributed by atoms with Crippen LogP contribution in [0.5, 0.6) is 0 Å². The largest absolute Gasteiger partial charge is 0.354 e. The molecule has 0 aromatic carbocycles. The summed E-state index contributed by atoms with van der Waals surface area (Å²) in [6.07, 6.45) is 7.90. The Hall–Kier alpha value is -1.85. The number of aryl methyl sites for hydroxylation is 1. The van der Waals surface area contributed by atoms with Crippen LogP contribution in [0.1, 0.15) is 31.5 Å². The Bertz CT molecular complexity index is 469. The van der Waals surface area contributed by atoms with E-state index < -0.39 is 0 Å². The van der Waals surface area contributed by atoms with Gasteiger partial charge in [0.15, 0.2) is 0 Å². The molecular formula is C14H22N4O2. The first-order chi connectivity index (χ1) is 9.66. The molecular weight excluding hydrogens is 256 g/mol. The topological polar surface area (TPSA) is 67.2 Å². The molecule has 1 fully saturated rings. The summed E-state index contributed by atoms with van der Waals surface area (Å²) in [5.74, 6) is 0.951. The lowest BCUT2D eigenvalue weighted by Gasteiger charge is -2.19. The predicted molar refractivity (Wildman–Crippen MR) is 75.0 cm³/mol. The van der Waals surface area contributed by atoms with Crippen molar-refractivity contribution in [1.82, 2.24) is 19.8 Å². The molecule has 0 atom stereocenters. The standard InChI is InChI=1S/C14H22N4O2/c1-17-10-8-15-12(17)6-7-16-13(19)11-18-9-4-2-3-5-14(18)20/h8,10H,2-7,9,11H2,1H3,(H,16,19). The smallest absolute Gasteiger partial charge is 0.239 e. The van der Waals surface area contributed by atoms with Gasteiger partial charge in [0.25, 0.3) is 0 Å². The molecule has 2 amide bonds. The molecule has 2 heterocycles. The molecule has 1 aromatic rings. The van der Waals surface area contributed by atoms with Gasteiger partial charge in [0.05, 0.1) is 6.54 Å². The van der Waals surface area contributed by atoms with Crippen molar-refractivity contribution in [3.63, 3.8) is 0 Å². The lowest BCUT2D eigenvalue weighted by molar-refractivity contribution is -0.135. The van der Waals surface area contributed by atoms with Gasteiger partial charge < -0.3 is 14.8 Å². The summed E-state index contributed by atoms with van der Waals surface area (Å²) in [5, 5.41) is 2.85. The minimum absolute atomic E-state index is 0.0885. The van der Waals surface area contributed by atoms with Crippen molar-refractivity contribution in [2.75, 3.05) is 19.6 Å². The Labute approximate surface area is 119 Å². The Morgan fingerprint density at radius 1 is 1.40 bits per heavy atom. The van der Waals surface area contributed by atoms with Crippen LogP contribution in [0.25, 0.3) is 0 Å². The van der Waals surface area contributed by atoms with Gasteiger partial charge in [-0.2, -0.15) is 0 Å². The number of rotatable bonds is 5. The monoisotopic (exact) mass is 278 g/mol. The van der Waals surface area contributed by atoms with Gasteiger partial charge in [-0.15, -0.1) is 0 Å². The highest BCUT2D eigenvalue weighted by atomic mass is 16.2. The van der Waals surface area contributed by atoms with E-state index in [0.29, 0.717) is 25.9 Å². The van der Waals surface area contributed by atoms with Crippen molar-refractivity contribution in [2.45, 2.75) is 32.1 Å². The molecule has 0 unspecified atom stereocenters. The van der Waals surface area contributed by atoms with Crippen LogP contribution in [-0.2, 0) is 23.1 Å². The third-order valence-corrected chi connectivity index (χ3v) is 3.60. The zero-order chi connectivity index (χ0) is 14.4. The normalized spacial score (nSPS) is 16.1. The molecule has 1 N–H and O–H groups in total. The summed E-state index contributed by atoms with van der Waals surface area (Å²) in [6.45, 7) is 1.43. The number of hydrogen-bond donors (Lipinski definition) is 1. The van der Waals surface area contributed by atoms with Crippen molar-refractivity contribution in [1.29, 1.82) is 0 Å². The first-order valence-electron chi connectivity index (χ1n) is 7.17. The third-order valence-electron chi connectivity index (χ3n) is 3.60. The number of carbonyl (C=O) groups excluding carboxylic acids is 2. The van der Waals surface area contributed by atoms with Gasteiger partial charge in [0.1, 0.15) is 5.82 Å². The van der Waals surface area contributed by atoms with Gasteiger partial charge in [-0.3, -0.25) is 9.59 Å². The molecule has 0 spiro atoms. The summed E-state index contributed by atoms with van der Waals surface area (Å²) in [6, 6.07) is 0. The lowest BCUT2D eigenvalue weighted by Crippen LogP contribution is -2.41. The van der Waals surface area contributed by atoms with Crippen molar-refractivity contribution in [3.8, 4) is 0 Å². The van der Waals surface area contributed by atoms with Gasteiger partial charge in [0.2, 0.25) is 11.8 Å². The maximum atomic E-state index is 11.9. The average Bonchev–Trinajstić information content (AvgIpc) is 2.71. The molecule has 6 nitrogen and oxygen atoms in total. The number of imidazole rings is 1. The van der Waals surface area contributed by atoms with E-state index in [1.807, 2.05) is 17.8 Å². The Balaban J connectivity index is 1.72. The highest BCUT2D eigenvalue weighted by Crippen LogP contribution is 2.10. The molecule has 0 bridgehead atoms. The number of likely N-dealkylation sites (tertiary alicyclic amines) is 1. The van der Waals surface area contributed by atoms with E-state index >= 15 is 0 Å². The van der Waals surface area contributed by atoms with Crippen LogP contribution in [0.15, 0.2) is 12.4 Å². The first kappa shape index (κ1) is 14.6. The minimum atomic E-state index is -0.0885. The molecule has 1 aliphatic heterocycles. The van der Waals surface area contributed by atoms with Gasteiger partial charge in [-0.05, 0) is 12.8 Å². The SMILES string of the molecule is Cn1ccnc1CCNC(=O)CN1CCCCCC1=O. The van der Waals surface area contributed by atoms with Crippen molar-refractivity contribution < 1.29 is 9.59 Å². The summed E-state index contributed by atoms with van der Waals surface area (Å²) in [4.78, 5) is 29.5. The molecule has 1 aliphatic rings. The maximum absolute atomic E-state index is 11.9. The number of hydrogen-bond acceptors (Lipinski definition) is 3. The van der Waals surface area contributed by atoms with E-state index in [9.17, 15) is 9.59 Å². The zero-order valence-corrected chi connectivity index (χ0v) is 12.0. The van der Waals surface area contributed by atoms with Crippen LogP contribution in [0.2, 0.25) is 0 Å². The van der Waals surface area contributed by atoms with E-state index in [1.165, 1.54) is 0 Å². The fourth-order valence-electron chi connectivity index (χ4n) is 2.39. The molecule has 0 saturated carbocycles. The van der Waals surface area contributed by atoms with E-state index in [0.717, 1.165) is 25.1 Å². The minimum Gasteiger partial charge on any atom is -0.354 e. The number of amides is 2. The molecule has 2 rings (SSSR count). The number of aromatic nitrogens is 2. The lowest BCUT2D eigenvalue weighted by atomic mass is 10.2. The van der Waals surface area contributed by atoms with E-state index in [2.05, 4.69) is 10.3 Å². The quantitative estimate of drug-likeness (QED) is 0.852. The van der Waals surface area contributed by atoms with Gasteiger partial charge in [-0.1, -0.05) is 6.42 Å². The average molecular weight is 278 g/mol. The number of carbonyl (C=O) groups is 2. The third kappa shape index (κ3) is 4.08. The Kier molecular flexibility index (Phi) is 5.15.